The molecule has 0 bridgehead atoms. The number of halogens is 1. The van der Waals surface area contributed by atoms with Gasteiger partial charge in [0.1, 0.15) is 5.82 Å². The molecule has 1 aliphatic heterocycles. The van der Waals surface area contributed by atoms with Crippen molar-refractivity contribution < 1.29 is 13.9 Å². The van der Waals surface area contributed by atoms with E-state index >= 15 is 0 Å². The zero-order valence-corrected chi connectivity index (χ0v) is 8.41. The van der Waals surface area contributed by atoms with Crippen LogP contribution in [-0.4, -0.2) is 19.0 Å². The number of hydrogen-bond acceptors (Lipinski definition) is 2. The summed E-state index contributed by atoms with van der Waals surface area (Å²) in [5, 5.41) is 0. The van der Waals surface area contributed by atoms with Crippen molar-refractivity contribution in [3.8, 4) is 0 Å². The lowest BCUT2D eigenvalue weighted by molar-refractivity contribution is 0.0952. The summed E-state index contributed by atoms with van der Waals surface area (Å²) in [6.45, 7) is 1.39. The van der Waals surface area contributed by atoms with Crippen molar-refractivity contribution in [2.75, 3.05) is 13.2 Å². The first-order valence-corrected chi connectivity index (χ1v) is 5.12. The summed E-state index contributed by atoms with van der Waals surface area (Å²) in [4.78, 5) is 11.7. The molecule has 0 amide bonds. The van der Waals surface area contributed by atoms with Crippen LogP contribution in [0.2, 0.25) is 0 Å². The third kappa shape index (κ3) is 2.63. The predicted octanol–water partition coefficient (Wildman–Crippen LogP) is 2.44. The third-order valence-electron chi connectivity index (χ3n) is 2.64. The fraction of sp³-hybridized carbons (Fsp3) is 0.417. The average Bonchev–Trinajstić information content (AvgIpc) is 2.70. The molecule has 1 atom stereocenters. The Labute approximate surface area is 88.1 Å². The molecule has 2 rings (SSSR count). The van der Waals surface area contributed by atoms with E-state index in [1.54, 1.807) is 12.1 Å². The highest BCUT2D eigenvalue weighted by molar-refractivity contribution is 5.96. The molecule has 1 unspecified atom stereocenters. The molecule has 1 saturated heterocycles. The summed E-state index contributed by atoms with van der Waals surface area (Å²) in [5.74, 6) is -0.0470. The summed E-state index contributed by atoms with van der Waals surface area (Å²) < 4.78 is 18.1. The normalized spacial score (nSPS) is 20.5. The van der Waals surface area contributed by atoms with Gasteiger partial charge in [-0.2, -0.15) is 0 Å². The predicted molar refractivity (Wildman–Crippen MR) is 54.3 cm³/mol. The van der Waals surface area contributed by atoms with E-state index in [1.807, 2.05) is 0 Å². The van der Waals surface area contributed by atoms with E-state index in [-0.39, 0.29) is 11.6 Å². The Bertz CT molecular complexity index is 356. The second-order valence-corrected chi connectivity index (χ2v) is 3.87. The molecule has 0 saturated carbocycles. The van der Waals surface area contributed by atoms with Gasteiger partial charge >= 0.3 is 0 Å². The van der Waals surface area contributed by atoms with Crippen LogP contribution in [0.15, 0.2) is 24.3 Å². The zero-order chi connectivity index (χ0) is 10.7. The molecular formula is C12H13FO2. The Morgan fingerprint density at radius 3 is 3.07 bits per heavy atom. The van der Waals surface area contributed by atoms with Crippen LogP contribution in [0.25, 0.3) is 0 Å². The van der Waals surface area contributed by atoms with Crippen molar-refractivity contribution in [2.24, 2.45) is 5.92 Å². The third-order valence-corrected chi connectivity index (χ3v) is 2.64. The average molecular weight is 208 g/mol. The van der Waals surface area contributed by atoms with Crippen LogP contribution in [-0.2, 0) is 4.74 Å². The zero-order valence-electron chi connectivity index (χ0n) is 8.41. The largest absolute Gasteiger partial charge is 0.381 e. The SMILES string of the molecule is O=C(CC1CCOC1)c1cccc(F)c1. The maximum atomic E-state index is 12.9. The molecule has 0 radical (unpaired) electrons. The van der Waals surface area contributed by atoms with E-state index in [0.29, 0.717) is 24.5 Å². The molecule has 80 valence electrons. The number of Topliss-reactive ketones (excluding diaryl/α,β-unsaturated/α-hetero) is 1. The van der Waals surface area contributed by atoms with E-state index in [2.05, 4.69) is 0 Å². The van der Waals surface area contributed by atoms with Gasteiger partial charge in [-0.25, -0.2) is 4.39 Å². The van der Waals surface area contributed by atoms with Crippen LogP contribution in [0.5, 0.6) is 0 Å². The van der Waals surface area contributed by atoms with E-state index in [4.69, 9.17) is 4.74 Å². The summed E-state index contributed by atoms with van der Waals surface area (Å²) in [5.41, 5.74) is 0.460. The smallest absolute Gasteiger partial charge is 0.163 e. The van der Waals surface area contributed by atoms with Gasteiger partial charge in [0.25, 0.3) is 0 Å². The number of carbonyl (C=O) groups is 1. The van der Waals surface area contributed by atoms with Crippen LogP contribution >= 0.6 is 0 Å². The summed E-state index contributed by atoms with van der Waals surface area (Å²) in [6, 6.07) is 5.85. The van der Waals surface area contributed by atoms with E-state index in [1.165, 1.54) is 12.1 Å². The van der Waals surface area contributed by atoms with Crippen molar-refractivity contribution in [1.29, 1.82) is 0 Å². The molecule has 0 spiro atoms. The van der Waals surface area contributed by atoms with Crippen molar-refractivity contribution in [3.63, 3.8) is 0 Å². The van der Waals surface area contributed by atoms with Gasteiger partial charge in [0.15, 0.2) is 5.78 Å². The van der Waals surface area contributed by atoms with Crippen molar-refractivity contribution in [2.45, 2.75) is 12.8 Å². The van der Waals surface area contributed by atoms with Gasteiger partial charge in [-0.15, -0.1) is 0 Å². The first-order valence-electron chi connectivity index (χ1n) is 5.12. The fourth-order valence-electron chi connectivity index (χ4n) is 1.79. The highest BCUT2D eigenvalue weighted by Crippen LogP contribution is 2.19. The first kappa shape index (κ1) is 10.3. The van der Waals surface area contributed by atoms with Crippen molar-refractivity contribution >= 4 is 5.78 Å². The van der Waals surface area contributed by atoms with Gasteiger partial charge in [-0.1, -0.05) is 12.1 Å². The molecule has 3 heteroatoms. The molecule has 1 aromatic rings. The van der Waals surface area contributed by atoms with Crippen LogP contribution in [0.1, 0.15) is 23.2 Å². The quantitative estimate of drug-likeness (QED) is 0.713. The van der Waals surface area contributed by atoms with Crippen molar-refractivity contribution in [1.82, 2.24) is 0 Å². The molecule has 1 aliphatic rings. The Morgan fingerprint density at radius 2 is 2.40 bits per heavy atom. The number of carbonyl (C=O) groups excluding carboxylic acids is 1. The van der Waals surface area contributed by atoms with Crippen molar-refractivity contribution in [3.05, 3.63) is 35.6 Å². The molecule has 0 aromatic heterocycles. The van der Waals surface area contributed by atoms with E-state index in [9.17, 15) is 9.18 Å². The maximum absolute atomic E-state index is 12.9. The van der Waals surface area contributed by atoms with Crippen LogP contribution < -0.4 is 0 Å². The van der Waals surface area contributed by atoms with Gasteiger partial charge in [0, 0.05) is 25.2 Å². The molecule has 0 N–H and O–H groups in total. The van der Waals surface area contributed by atoms with Crippen LogP contribution in [0.4, 0.5) is 4.39 Å². The second-order valence-electron chi connectivity index (χ2n) is 3.87. The highest BCUT2D eigenvalue weighted by Gasteiger charge is 2.19. The maximum Gasteiger partial charge on any atom is 0.163 e. The summed E-state index contributed by atoms with van der Waals surface area (Å²) in [6.07, 6.45) is 1.39. The minimum Gasteiger partial charge on any atom is -0.381 e. The lowest BCUT2D eigenvalue weighted by Crippen LogP contribution is -2.08. The lowest BCUT2D eigenvalue weighted by atomic mass is 9.98. The number of ketones is 1. The van der Waals surface area contributed by atoms with E-state index in [0.717, 1.165) is 13.0 Å². The second kappa shape index (κ2) is 4.53. The molecule has 0 aliphatic carbocycles. The summed E-state index contributed by atoms with van der Waals surface area (Å²) in [7, 11) is 0. The molecule has 1 fully saturated rings. The molecule has 1 aromatic carbocycles. The molecular weight excluding hydrogens is 195 g/mol. The lowest BCUT2D eigenvalue weighted by Gasteiger charge is -2.06. The fourth-order valence-corrected chi connectivity index (χ4v) is 1.79. The number of hydrogen-bond donors (Lipinski definition) is 0. The molecule has 1 heterocycles. The Balaban J connectivity index is 2.01. The van der Waals surface area contributed by atoms with Crippen LogP contribution in [0.3, 0.4) is 0 Å². The Kier molecular flexibility index (Phi) is 3.11. The van der Waals surface area contributed by atoms with Gasteiger partial charge < -0.3 is 4.74 Å². The Hall–Kier alpha value is -1.22. The molecule has 2 nitrogen and oxygen atoms in total. The number of benzene rings is 1. The topological polar surface area (TPSA) is 26.3 Å². The van der Waals surface area contributed by atoms with E-state index < -0.39 is 0 Å². The minimum absolute atomic E-state index is 0.00463. The van der Waals surface area contributed by atoms with Gasteiger partial charge in [-0.05, 0) is 24.5 Å². The van der Waals surface area contributed by atoms with Crippen LogP contribution in [0, 0.1) is 11.7 Å². The Morgan fingerprint density at radius 1 is 1.53 bits per heavy atom. The molecule has 15 heavy (non-hydrogen) atoms. The summed E-state index contributed by atoms with van der Waals surface area (Å²) >= 11 is 0. The standard InChI is InChI=1S/C12H13FO2/c13-11-3-1-2-10(7-11)12(14)6-9-4-5-15-8-9/h1-3,7,9H,4-6,8H2. The number of rotatable bonds is 3. The highest BCUT2D eigenvalue weighted by atomic mass is 19.1. The minimum atomic E-state index is -0.358. The first-order chi connectivity index (χ1) is 7.25. The van der Waals surface area contributed by atoms with Gasteiger partial charge in [0.2, 0.25) is 0 Å². The monoisotopic (exact) mass is 208 g/mol. The number of ether oxygens (including phenoxy) is 1. The van der Waals surface area contributed by atoms with Gasteiger partial charge in [0.05, 0.1) is 0 Å². The van der Waals surface area contributed by atoms with Gasteiger partial charge in [-0.3, -0.25) is 4.79 Å².